The number of hydrogen-bond acceptors (Lipinski definition) is 4. The Morgan fingerprint density at radius 3 is 1.86 bits per heavy atom. The van der Waals surface area contributed by atoms with Gasteiger partial charge >= 0.3 is 0 Å². The van der Waals surface area contributed by atoms with E-state index in [9.17, 15) is 13.9 Å². The van der Waals surface area contributed by atoms with Crippen molar-refractivity contribution >= 4 is 5.69 Å². The Kier molecular flexibility index (Phi) is 9.84. The maximum atomic E-state index is 13.4. The Morgan fingerprint density at radius 1 is 0.722 bits per heavy atom. The molecule has 0 aromatic heterocycles. The Morgan fingerprint density at radius 2 is 1.28 bits per heavy atom. The van der Waals surface area contributed by atoms with Gasteiger partial charge in [0, 0.05) is 50.9 Å². The van der Waals surface area contributed by atoms with E-state index < -0.39 is 6.10 Å². The van der Waals surface area contributed by atoms with Crippen LogP contribution in [0.5, 0.6) is 0 Å². The van der Waals surface area contributed by atoms with E-state index in [1.807, 2.05) is 54.6 Å². The molecule has 1 heterocycles. The number of benzene rings is 3. The van der Waals surface area contributed by atoms with Gasteiger partial charge in [0.2, 0.25) is 0 Å². The molecule has 1 saturated heterocycles. The van der Waals surface area contributed by atoms with Crippen molar-refractivity contribution in [2.24, 2.45) is 0 Å². The van der Waals surface area contributed by atoms with Crippen molar-refractivity contribution in [1.82, 2.24) is 9.80 Å². The molecule has 1 unspecified atom stereocenters. The summed E-state index contributed by atoms with van der Waals surface area (Å²) in [6.45, 7) is 6.24. The molecule has 6 heteroatoms. The summed E-state index contributed by atoms with van der Waals surface area (Å²) in [4.78, 5) is 4.84. The Hall–Kier alpha value is -2.80. The summed E-state index contributed by atoms with van der Waals surface area (Å²) in [5, 5.41) is 13.7. The maximum Gasteiger partial charge on any atom is 0.123 e. The highest BCUT2D eigenvalue weighted by atomic mass is 19.1. The van der Waals surface area contributed by atoms with E-state index in [4.69, 9.17) is 0 Å². The number of nitrogens with one attached hydrogen (secondary N) is 1. The number of piperazine rings is 1. The monoisotopic (exact) mass is 493 g/mol. The zero-order chi connectivity index (χ0) is 25.2. The molecule has 1 aliphatic rings. The Labute approximate surface area is 213 Å². The molecule has 0 spiro atoms. The average Bonchev–Trinajstić information content (AvgIpc) is 2.90. The number of para-hydroxylation sites is 1. The summed E-state index contributed by atoms with van der Waals surface area (Å²) in [6.07, 6.45) is 2.68. The molecular weight excluding hydrogens is 456 g/mol. The van der Waals surface area contributed by atoms with Gasteiger partial charge in [-0.15, -0.1) is 0 Å². The largest absolute Gasteiger partial charge is 0.390 e. The van der Waals surface area contributed by atoms with Crippen LogP contribution < -0.4 is 5.32 Å². The molecule has 1 atom stereocenters. The smallest absolute Gasteiger partial charge is 0.123 e. The summed E-state index contributed by atoms with van der Waals surface area (Å²) < 4.78 is 26.9. The number of nitrogens with zero attached hydrogens (tertiary/aromatic N) is 2. The molecule has 1 fully saturated rings. The van der Waals surface area contributed by atoms with E-state index in [1.165, 1.54) is 24.3 Å². The number of anilines is 1. The first-order valence-electron chi connectivity index (χ1n) is 13.0. The van der Waals surface area contributed by atoms with Crippen molar-refractivity contribution in [2.75, 3.05) is 51.1 Å². The number of β-amino-alcohol motifs (C(OH)–C–C–N with tert-alkyl or cyclic N) is 1. The molecule has 0 bridgehead atoms. The maximum absolute atomic E-state index is 13.4. The summed E-state index contributed by atoms with van der Waals surface area (Å²) in [5.41, 5.74) is 3.16. The van der Waals surface area contributed by atoms with E-state index in [1.54, 1.807) is 0 Å². The molecule has 2 N–H and O–H groups in total. The van der Waals surface area contributed by atoms with Crippen LogP contribution in [0.1, 0.15) is 36.3 Å². The van der Waals surface area contributed by atoms with Crippen molar-refractivity contribution in [3.63, 3.8) is 0 Å². The number of rotatable bonds is 12. The van der Waals surface area contributed by atoms with Crippen molar-refractivity contribution in [1.29, 1.82) is 0 Å². The third kappa shape index (κ3) is 8.12. The van der Waals surface area contributed by atoms with Crippen LogP contribution in [0.4, 0.5) is 14.5 Å². The summed E-state index contributed by atoms with van der Waals surface area (Å²) >= 11 is 0. The van der Waals surface area contributed by atoms with Crippen molar-refractivity contribution < 1.29 is 13.9 Å². The van der Waals surface area contributed by atoms with Gasteiger partial charge in [0.15, 0.2) is 0 Å². The first-order valence-corrected chi connectivity index (χ1v) is 13.0. The van der Waals surface area contributed by atoms with E-state index in [-0.39, 0.29) is 17.6 Å². The molecule has 3 aromatic rings. The van der Waals surface area contributed by atoms with Crippen LogP contribution in [0.15, 0.2) is 78.9 Å². The van der Waals surface area contributed by atoms with Crippen molar-refractivity contribution in [3.8, 4) is 0 Å². The lowest BCUT2D eigenvalue weighted by Gasteiger charge is -2.35. The van der Waals surface area contributed by atoms with E-state index >= 15 is 0 Å². The van der Waals surface area contributed by atoms with Gasteiger partial charge in [-0.2, -0.15) is 0 Å². The van der Waals surface area contributed by atoms with Gasteiger partial charge in [0.05, 0.1) is 6.10 Å². The predicted molar refractivity (Wildman–Crippen MR) is 142 cm³/mol. The van der Waals surface area contributed by atoms with Gasteiger partial charge in [-0.05, 0) is 66.9 Å². The second-order valence-corrected chi connectivity index (χ2v) is 9.69. The SMILES string of the molecule is OC(CNc1ccccc1)CN1CCN(CCCCC(c2ccc(F)cc2)c2ccc(F)cc2)CC1. The second-order valence-electron chi connectivity index (χ2n) is 9.69. The number of hydrogen-bond donors (Lipinski definition) is 2. The van der Waals surface area contributed by atoms with Crippen LogP contribution in [0.2, 0.25) is 0 Å². The van der Waals surface area contributed by atoms with Gasteiger partial charge in [-0.25, -0.2) is 8.78 Å². The number of unbranched alkanes of at least 4 members (excludes halogenated alkanes) is 1. The second kappa shape index (κ2) is 13.5. The Balaban J connectivity index is 1.17. The first kappa shape index (κ1) is 26.3. The molecule has 192 valence electrons. The van der Waals surface area contributed by atoms with E-state index in [0.29, 0.717) is 13.1 Å². The third-order valence-electron chi connectivity index (χ3n) is 7.01. The number of aliphatic hydroxyl groups excluding tert-OH is 1. The van der Waals surface area contributed by atoms with Crippen LogP contribution in [-0.4, -0.2) is 66.8 Å². The fourth-order valence-electron chi connectivity index (χ4n) is 4.95. The highest BCUT2D eigenvalue weighted by Crippen LogP contribution is 2.30. The molecule has 0 amide bonds. The highest BCUT2D eigenvalue weighted by Gasteiger charge is 2.20. The fourth-order valence-corrected chi connectivity index (χ4v) is 4.95. The van der Waals surface area contributed by atoms with Crippen LogP contribution in [0, 0.1) is 11.6 Å². The van der Waals surface area contributed by atoms with Crippen LogP contribution in [-0.2, 0) is 0 Å². The highest BCUT2D eigenvalue weighted by molar-refractivity contribution is 5.42. The minimum atomic E-state index is -0.397. The molecule has 4 rings (SSSR count). The zero-order valence-corrected chi connectivity index (χ0v) is 20.8. The first-order chi connectivity index (χ1) is 17.6. The van der Waals surface area contributed by atoms with Crippen molar-refractivity contribution in [3.05, 3.63) is 102 Å². The summed E-state index contributed by atoms with van der Waals surface area (Å²) in [7, 11) is 0. The predicted octanol–water partition coefficient (Wildman–Crippen LogP) is 5.36. The molecule has 1 aliphatic heterocycles. The average molecular weight is 494 g/mol. The molecule has 4 nitrogen and oxygen atoms in total. The van der Waals surface area contributed by atoms with Gasteiger partial charge in [0.25, 0.3) is 0 Å². The van der Waals surface area contributed by atoms with Crippen LogP contribution >= 0.6 is 0 Å². The van der Waals surface area contributed by atoms with Crippen molar-refractivity contribution in [2.45, 2.75) is 31.3 Å². The van der Waals surface area contributed by atoms with E-state index in [2.05, 4.69) is 15.1 Å². The van der Waals surface area contributed by atoms with E-state index in [0.717, 1.165) is 68.8 Å². The molecule has 36 heavy (non-hydrogen) atoms. The van der Waals surface area contributed by atoms with Gasteiger partial charge < -0.3 is 15.3 Å². The van der Waals surface area contributed by atoms with Gasteiger partial charge in [-0.1, -0.05) is 48.9 Å². The molecule has 0 aliphatic carbocycles. The molecular formula is C30H37F2N3O. The summed E-state index contributed by atoms with van der Waals surface area (Å²) in [6, 6.07) is 23.3. The van der Waals surface area contributed by atoms with Gasteiger partial charge in [-0.3, -0.25) is 4.90 Å². The Bertz CT molecular complexity index is 977. The third-order valence-corrected chi connectivity index (χ3v) is 7.01. The van der Waals surface area contributed by atoms with Gasteiger partial charge in [0.1, 0.15) is 11.6 Å². The van der Waals surface area contributed by atoms with Crippen LogP contribution in [0.3, 0.4) is 0 Å². The standard InChI is InChI=1S/C30H37F2N3O/c31-26-13-9-24(10-14-26)30(25-11-15-27(32)16-12-25)8-4-5-17-34-18-20-35(21-19-34)23-29(36)22-33-28-6-2-1-3-7-28/h1-3,6-7,9-16,29-30,33,36H,4-5,8,17-23H2. The summed E-state index contributed by atoms with van der Waals surface area (Å²) in [5.74, 6) is -0.347. The molecule has 0 radical (unpaired) electrons. The number of aliphatic hydroxyl groups is 1. The molecule has 3 aromatic carbocycles. The normalized spacial score (nSPS) is 15.8. The lowest BCUT2D eigenvalue weighted by atomic mass is 9.87. The van der Waals surface area contributed by atoms with Crippen LogP contribution in [0.25, 0.3) is 0 Å². The topological polar surface area (TPSA) is 38.7 Å². The minimum Gasteiger partial charge on any atom is -0.390 e. The lowest BCUT2D eigenvalue weighted by molar-refractivity contribution is 0.0776. The minimum absolute atomic E-state index is 0.133. The molecule has 0 saturated carbocycles. The lowest BCUT2D eigenvalue weighted by Crippen LogP contribution is -2.49. The number of halogens is 2. The fraction of sp³-hybridized carbons (Fsp3) is 0.400. The zero-order valence-electron chi connectivity index (χ0n) is 20.8. The quantitative estimate of drug-likeness (QED) is 0.333.